The highest BCUT2D eigenvalue weighted by atomic mass is 19.4. The summed E-state index contributed by atoms with van der Waals surface area (Å²) in [5.74, 6) is -3.74. The highest BCUT2D eigenvalue weighted by Crippen LogP contribution is 2.44. The summed E-state index contributed by atoms with van der Waals surface area (Å²) >= 11 is 0. The number of fused-ring (bicyclic) bond motifs is 3. The lowest BCUT2D eigenvalue weighted by Crippen LogP contribution is -2.51. The number of halogens is 3. The number of aliphatic carboxylic acids is 1. The number of alkyl halides is 3. The van der Waals surface area contributed by atoms with Crippen LogP contribution >= 0.6 is 0 Å². The third-order valence-corrected chi connectivity index (χ3v) is 6.63. The number of benzene rings is 2. The molecule has 0 heterocycles. The first-order valence-corrected chi connectivity index (χ1v) is 11.4. The lowest BCUT2D eigenvalue weighted by atomic mass is 9.98. The molecule has 10 heteroatoms. The average molecular weight is 490 g/mol. The fraction of sp³-hybridized carbons (Fsp3) is 0.400. The van der Waals surface area contributed by atoms with Crippen LogP contribution in [0.2, 0.25) is 0 Å². The Morgan fingerprint density at radius 3 is 2.17 bits per heavy atom. The minimum Gasteiger partial charge on any atom is -0.479 e. The Balaban J connectivity index is 1.33. The Bertz CT molecular complexity index is 1070. The van der Waals surface area contributed by atoms with Gasteiger partial charge >= 0.3 is 18.2 Å². The van der Waals surface area contributed by atoms with E-state index >= 15 is 0 Å². The zero-order valence-electron chi connectivity index (χ0n) is 18.7. The molecule has 3 unspecified atom stereocenters. The van der Waals surface area contributed by atoms with Crippen LogP contribution in [-0.2, 0) is 14.3 Å². The molecule has 4 rings (SSSR count). The van der Waals surface area contributed by atoms with Crippen molar-refractivity contribution in [2.24, 2.45) is 5.92 Å². The van der Waals surface area contributed by atoms with Gasteiger partial charge in [0.2, 0.25) is 11.9 Å². The number of carbonyl (C=O) groups excluding carboxylic acids is 2. The molecular weight excluding hydrogens is 465 g/mol. The Morgan fingerprint density at radius 2 is 1.60 bits per heavy atom. The number of hydrogen-bond donors (Lipinski definition) is 3. The molecule has 2 amide bonds. The predicted octanol–water partition coefficient (Wildman–Crippen LogP) is 4.22. The predicted molar refractivity (Wildman–Crippen MR) is 120 cm³/mol. The molecule has 0 aromatic heterocycles. The van der Waals surface area contributed by atoms with Gasteiger partial charge in [0.25, 0.3) is 0 Å². The molecule has 2 aromatic carbocycles. The van der Waals surface area contributed by atoms with Gasteiger partial charge in [0.1, 0.15) is 6.61 Å². The fourth-order valence-corrected chi connectivity index (χ4v) is 5.00. The van der Waals surface area contributed by atoms with Crippen molar-refractivity contribution in [1.29, 1.82) is 0 Å². The van der Waals surface area contributed by atoms with Gasteiger partial charge in [-0.2, -0.15) is 13.2 Å². The third-order valence-electron chi connectivity index (χ3n) is 6.63. The fourth-order valence-electron chi connectivity index (χ4n) is 5.00. The number of ether oxygens (including phenoxy) is 1. The molecule has 0 spiro atoms. The number of carbonyl (C=O) groups is 3. The van der Waals surface area contributed by atoms with Gasteiger partial charge in [0.15, 0.2) is 0 Å². The normalized spacial score (nSPS) is 20.0. The lowest BCUT2D eigenvalue weighted by molar-refractivity contribution is -0.182. The van der Waals surface area contributed by atoms with Crippen LogP contribution in [0.4, 0.5) is 18.0 Å². The summed E-state index contributed by atoms with van der Waals surface area (Å²) in [4.78, 5) is 35.5. The van der Waals surface area contributed by atoms with Crippen LogP contribution in [0.15, 0.2) is 48.5 Å². The zero-order chi connectivity index (χ0) is 25.2. The van der Waals surface area contributed by atoms with E-state index in [4.69, 9.17) is 9.84 Å². The van der Waals surface area contributed by atoms with Gasteiger partial charge in [-0.05, 0) is 41.0 Å². The molecule has 186 valence electrons. The first kappa shape index (κ1) is 24.6. The van der Waals surface area contributed by atoms with E-state index in [2.05, 4.69) is 5.32 Å². The van der Waals surface area contributed by atoms with Crippen LogP contribution in [0.25, 0.3) is 11.1 Å². The Morgan fingerprint density at radius 1 is 1.00 bits per heavy atom. The number of carboxylic acids is 1. The van der Waals surface area contributed by atoms with Crippen LogP contribution in [0, 0.1) is 5.92 Å². The van der Waals surface area contributed by atoms with Crippen molar-refractivity contribution in [3.63, 3.8) is 0 Å². The topological polar surface area (TPSA) is 105 Å². The van der Waals surface area contributed by atoms with Crippen molar-refractivity contribution in [2.75, 3.05) is 6.61 Å². The van der Waals surface area contributed by atoms with Crippen LogP contribution in [0.1, 0.15) is 42.7 Å². The van der Waals surface area contributed by atoms with Crippen molar-refractivity contribution in [1.82, 2.24) is 10.6 Å². The number of amides is 2. The van der Waals surface area contributed by atoms with E-state index < -0.39 is 42.1 Å². The molecule has 0 bridgehead atoms. The summed E-state index contributed by atoms with van der Waals surface area (Å²) < 4.78 is 44.0. The Kier molecular flexibility index (Phi) is 7.00. The Hall–Kier alpha value is -3.56. The molecule has 0 aliphatic heterocycles. The summed E-state index contributed by atoms with van der Waals surface area (Å²) in [6.07, 6.45) is -4.35. The second-order valence-corrected chi connectivity index (χ2v) is 8.85. The van der Waals surface area contributed by atoms with Gasteiger partial charge in [-0.15, -0.1) is 0 Å². The summed E-state index contributed by atoms with van der Waals surface area (Å²) in [6.45, 7) is 0.115. The van der Waals surface area contributed by atoms with E-state index in [0.717, 1.165) is 22.3 Å². The number of alkyl carbamates (subject to hydrolysis) is 1. The highest BCUT2D eigenvalue weighted by Gasteiger charge is 2.46. The van der Waals surface area contributed by atoms with Gasteiger partial charge < -0.3 is 20.5 Å². The summed E-state index contributed by atoms with van der Waals surface area (Å²) in [5, 5.41) is 13.0. The van der Waals surface area contributed by atoms with Gasteiger partial charge in [-0.25, -0.2) is 9.59 Å². The molecule has 1 saturated carbocycles. The van der Waals surface area contributed by atoms with Gasteiger partial charge in [0.05, 0.1) is 0 Å². The first-order valence-electron chi connectivity index (χ1n) is 11.4. The maximum Gasteiger partial charge on any atom is 0.419 e. The number of carboxylic acid groups (broad SMARTS) is 1. The summed E-state index contributed by atoms with van der Waals surface area (Å²) in [5.41, 5.74) is 4.32. The van der Waals surface area contributed by atoms with Crippen molar-refractivity contribution in [3.05, 3.63) is 59.7 Å². The maximum absolute atomic E-state index is 12.8. The molecule has 3 atom stereocenters. The molecule has 2 aromatic rings. The van der Waals surface area contributed by atoms with Crippen molar-refractivity contribution >= 4 is 18.0 Å². The average Bonchev–Trinajstić information content (AvgIpc) is 3.37. The van der Waals surface area contributed by atoms with Crippen molar-refractivity contribution < 1.29 is 37.4 Å². The van der Waals surface area contributed by atoms with Crippen molar-refractivity contribution in [2.45, 2.75) is 49.9 Å². The van der Waals surface area contributed by atoms with E-state index in [-0.39, 0.29) is 18.9 Å². The molecule has 2 aliphatic carbocycles. The summed E-state index contributed by atoms with van der Waals surface area (Å²) in [7, 11) is 0. The highest BCUT2D eigenvalue weighted by molar-refractivity contribution is 5.84. The number of nitrogens with one attached hydrogen (secondary N) is 2. The van der Waals surface area contributed by atoms with E-state index in [1.54, 1.807) is 0 Å². The second kappa shape index (κ2) is 9.97. The van der Waals surface area contributed by atoms with Crippen LogP contribution < -0.4 is 10.6 Å². The molecule has 35 heavy (non-hydrogen) atoms. The molecule has 2 aliphatic rings. The SMILES string of the molecule is O=C(CC1CCCC1NC(=O)OCC1c2ccccc2-c2ccccc21)NC(C(=O)O)C(F)(F)F. The van der Waals surface area contributed by atoms with Crippen LogP contribution in [0.3, 0.4) is 0 Å². The quantitative estimate of drug-likeness (QED) is 0.539. The summed E-state index contributed by atoms with van der Waals surface area (Å²) in [6, 6.07) is 12.4. The van der Waals surface area contributed by atoms with E-state index in [1.807, 2.05) is 48.5 Å². The van der Waals surface area contributed by atoms with E-state index in [0.29, 0.717) is 19.3 Å². The number of hydrogen-bond acceptors (Lipinski definition) is 4. The Labute approximate surface area is 199 Å². The maximum atomic E-state index is 12.8. The van der Waals surface area contributed by atoms with Gasteiger partial charge in [-0.1, -0.05) is 55.0 Å². The molecule has 3 N–H and O–H groups in total. The minimum absolute atomic E-state index is 0.115. The van der Waals surface area contributed by atoms with Crippen LogP contribution in [-0.4, -0.2) is 47.9 Å². The van der Waals surface area contributed by atoms with E-state index in [1.165, 1.54) is 5.32 Å². The van der Waals surface area contributed by atoms with Crippen LogP contribution in [0.5, 0.6) is 0 Å². The third kappa shape index (κ3) is 5.41. The molecular formula is C25H25F3N2O5. The lowest BCUT2D eigenvalue weighted by Gasteiger charge is -2.23. The molecule has 0 radical (unpaired) electrons. The zero-order valence-corrected chi connectivity index (χ0v) is 18.7. The smallest absolute Gasteiger partial charge is 0.419 e. The van der Waals surface area contributed by atoms with Gasteiger partial charge in [-0.3, -0.25) is 4.79 Å². The standard InChI is InChI=1S/C25H25F3N2O5/c26-25(27,28)22(23(32)33)30-21(31)12-14-6-5-11-20(14)29-24(34)35-13-19-17-9-3-1-7-15(17)16-8-2-4-10-18(16)19/h1-4,7-10,14,19-20,22H,5-6,11-13H2,(H,29,34)(H,30,31)(H,32,33). The van der Waals surface area contributed by atoms with Gasteiger partial charge in [0, 0.05) is 18.4 Å². The minimum atomic E-state index is -5.10. The van der Waals surface area contributed by atoms with E-state index in [9.17, 15) is 27.6 Å². The first-order chi connectivity index (χ1) is 16.6. The number of rotatable bonds is 7. The van der Waals surface area contributed by atoms with Crippen molar-refractivity contribution in [3.8, 4) is 11.1 Å². The second-order valence-electron chi connectivity index (χ2n) is 8.85. The monoisotopic (exact) mass is 490 g/mol. The molecule has 7 nitrogen and oxygen atoms in total. The molecule has 1 fully saturated rings. The largest absolute Gasteiger partial charge is 0.479 e. The molecule has 0 saturated heterocycles.